The van der Waals surface area contributed by atoms with Crippen molar-refractivity contribution in [2.24, 2.45) is 0 Å². The van der Waals surface area contributed by atoms with E-state index in [4.69, 9.17) is 5.11 Å². The summed E-state index contributed by atoms with van der Waals surface area (Å²) >= 11 is 0. The van der Waals surface area contributed by atoms with Gasteiger partial charge in [-0.15, -0.1) is 0 Å². The molecule has 3 N–H and O–H groups in total. The minimum atomic E-state index is -1.05. The van der Waals surface area contributed by atoms with Crippen LogP contribution < -0.4 is 5.32 Å². The smallest absolute Gasteiger partial charge is 0.326 e. The fourth-order valence-electron chi connectivity index (χ4n) is 1.54. The molecule has 0 aliphatic rings. The number of amides is 1. The van der Waals surface area contributed by atoms with Crippen LogP contribution in [0.4, 0.5) is 0 Å². The summed E-state index contributed by atoms with van der Waals surface area (Å²) in [7, 11) is 0. The second-order valence-corrected chi connectivity index (χ2v) is 4.15. The van der Waals surface area contributed by atoms with Crippen LogP contribution in [-0.2, 0) is 4.79 Å². The Morgan fingerprint density at radius 2 is 2.06 bits per heavy atom. The first-order valence-electron chi connectivity index (χ1n) is 5.79. The van der Waals surface area contributed by atoms with Crippen molar-refractivity contribution in [3.63, 3.8) is 0 Å². The van der Waals surface area contributed by atoms with Crippen LogP contribution in [0.15, 0.2) is 18.2 Å². The number of phenols is 1. The Kier molecular flexibility index (Phi) is 4.71. The maximum atomic E-state index is 11.8. The van der Waals surface area contributed by atoms with E-state index >= 15 is 0 Å². The van der Waals surface area contributed by atoms with E-state index in [1.165, 1.54) is 6.07 Å². The summed E-state index contributed by atoms with van der Waals surface area (Å²) in [4.78, 5) is 22.7. The molecule has 1 atom stereocenters. The van der Waals surface area contributed by atoms with Crippen LogP contribution in [-0.4, -0.2) is 28.1 Å². The zero-order valence-corrected chi connectivity index (χ0v) is 10.4. The van der Waals surface area contributed by atoms with Crippen molar-refractivity contribution in [1.29, 1.82) is 0 Å². The van der Waals surface area contributed by atoms with E-state index in [0.29, 0.717) is 18.4 Å². The molecule has 1 aromatic carbocycles. The molecule has 0 heterocycles. The van der Waals surface area contributed by atoms with E-state index in [2.05, 4.69) is 5.32 Å². The predicted octanol–water partition coefficient (Wildman–Crippen LogP) is 1.68. The molecule has 0 aromatic heterocycles. The summed E-state index contributed by atoms with van der Waals surface area (Å²) in [5.74, 6) is -1.53. The van der Waals surface area contributed by atoms with Crippen molar-refractivity contribution >= 4 is 11.9 Å². The van der Waals surface area contributed by atoms with Crippen LogP contribution in [0, 0.1) is 6.92 Å². The zero-order valence-electron chi connectivity index (χ0n) is 10.4. The van der Waals surface area contributed by atoms with Crippen LogP contribution >= 0.6 is 0 Å². The normalized spacial score (nSPS) is 11.9. The van der Waals surface area contributed by atoms with Crippen molar-refractivity contribution in [3.05, 3.63) is 29.3 Å². The molecule has 98 valence electrons. The van der Waals surface area contributed by atoms with Gasteiger partial charge in [0.15, 0.2) is 0 Å². The second kappa shape index (κ2) is 6.05. The van der Waals surface area contributed by atoms with E-state index in [-0.39, 0.29) is 11.3 Å². The summed E-state index contributed by atoms with van der Waals surface area (Å²) in [6.07, 6.45) is 1.04. The summed E-state index contributed by atoms with van der Waals surface area (Å²) in [6.45, 7) is 3.56. The van der Waals surface area contributed by atoms with Crippen molar-refractivity contribution in [2.75, 3.05) is 0 Å². The van der Waals surface area contributed by atoms with Gasteiger partial charge in [0.2, 0.25) is 0 Å². The molecule has 1 amide bonds. The first-order valence-corrected chi connectivity index (χ1v) is 5.79. The number of carbonyl (C=O) groups is 2. The largest absolute Gasteiger partial charge is 0.508 e. The van der Waals surface area contributed by atoms with Gasteiger partial charge in [-0.1, -0.05) is 19.4 Å². The molecule has 1 rings (SSSR count). The number of carbonyl (C=O) groups excluding carboxylic acids is 1. The van der Waals surface area contributed by atoms with Crippen LogP contribution in [0.1, 0.15) is 35.7 Å². The van der Waals surface area contributed by atoms with E-state index in [1.54, 1.807) is 19.1 Å². The summed E-state index contributed by atoms with van der Waals surface area (Å²) in [5, 5.41) is 20.9. The number of aliphatic carboxylic acids is 1. The van der Waals surface area contributed by atoms with E-state index in [1.807, 2.05) is 6.92 Å². The lowest BCUT2D eigenvalue weighted by atomic mass is 10.1. The fraction of sp³-hybridized carbons (Fsp3) is 0.385. The molecule has 0 saturated carbocycles. The Morgan fingerprint density at radius 3 is 2.56 bits per heavy atom. The zero-order chi connectivity index (χ0) is 13.7. The third-order valence-corrected chi connectivity index (χ3v) is 2.65. The van der Waals surface area contributed by atoms with E-state index in [9.17, 15) is 14.7 Å². The Balaban J connectivity index is 2.80. The second-order valence-electron chi connectivity index (χ2n) is 4.15. The monoisotopic (exact) mass is 251 g/mol. The van der Waals surface area contributed by atoms with Crippen LogP contribution in [0.2, 0.25) is 0 Å². The number of aryl methyl sites for hydroxylation is 1. The fourth-order valence-corrected chi connectivity index (χ4v) is 1.54. The number of aromatic hydroxyl groups is 1. The van der Waals surface area contributed by atoms with Crippen LogP contribution in [0.3, 0.4) is 0 Å². The first kappa shape index (κ1) is 14.0. The van der Waals surface area contributed by atoms with Crippen molar-refractivity contribution in [1.82, 2.24) is 5.32 Å². The predicted molar refractivity (Wildman–Crippen MR) is 66.6 cm³/mol. The lowest BCUT2D eigenvalue weighted by molar-refractivity contribution is -0.139. The van der Waals surface area contributed by atoms with Crippen molar-refractivity contribution < 1.29 is 19.8 Å². The SMILES string of the molecule is CCCC(NC(=O)c1ccc(C)c(O)c1)C(=O)O. The molecular formula is C13H17NO4. The number of phenolic OH excluding ortho intramolecular Hbond substituents is 1. The first-order chi connectivity index (χ1) is 8.45. The van der Waals surface area contributed by atoms with Crippen LogP contribution in [0.25, 0.3) is 0 Å². The standard InChI is InChI=1S/C13H17NO4/c1-3-4-10(13(17)18)14-12(16)9-6-5-8(2)11(15)7-9/h5-7,10,15H,3-4H2,1-2H3,(H,14,16)(H,17,18). The minimum absolute atomic E-state index is 0.0185. The van der Waals surface area contributed by atoms with Gasteiger partial charge in [-0.05, 0) is 31.0 Å². The number of benzene rings is 1. The number of carboxylic acid groups (broad SMARTS) is 1. The van der Waals surface area contributed by atoms with Gasteiger partial charge in [-0.25, -0.2) is 4.79 Å². The Bertz CT molecular complexity index is 456. The molecule has 5 nitrogen and oxygen atoms in total. The molecule has 5 heteroatoms. The molecule has 0 bridgehead atoms. The van der Waals surface area contributed by atoms with Crippen molar-refractivity contribution in [2.45, 2.75) is 32.7 Å². The van der Waals surface area contributed by atoms with E-state index < -0.39 is 17.9 Å². The minimum Gasteiger partial charge on any atom is -0.508 e. The van der Waals surface area contributed by atoms with Crippen LogP contribution in [0.5, 0.6) is 5.75 Å². The number of hydrogen-bond acceptors (Lipinski definition) is 3. The highest BCUT2D eigenvalue weighted by Gasteiger charge is 2.19. The molecule has 0 fully saturated rings. The van der Waals surface area contributed by atoms with Gasteiger partial charge in [0.25, 0.3) is 5.91 Å². The molecule has 0 aliphatic carbocycles. The average Bonchev–Trinajstić information content (AvgIpc) is 2.31. The third kappa shape index (κ3) is 3.48. The Labute approximate surface area is 105 Å². The van der Waals surface area contributed by atoms with Gasteiger partial charge < -0.3 is 15.5 Å². The van der Waals surface area contributed by atoms with Gasteiger partial charge in [-0.2, -0.15) is 0 Å². The molecule has 1 unspecified atom stereocenters. The van der Waals surface area contributed by atoms with Gasteiger partial charge in [-0.3, -0.25) is 4.79 Å². The highest BCUT2D eigenvalue weighted by Crippen LogP contribution is 2.17. The average molecular weight is 251 g/mol. The Hall–Kier alpha value is -2.04. The number of carboxylic acids is 1. The summed E-state index contributed by atoms with van der Waals surface area (Å²) in [6, 6.07) is 3.59. The van der Waals surface area contributed by atoms with Gasteiger partial charge in [0.1, 0.15) is 11.8 Å². The molecular weight excluding hydrogens is 234 g/mol. The topological polar surface area (TPSA) is 86.6 Å². The summed E-state index contributed by atoms with van der Waals surface area (Å²) in [5.41, 5.74) is 0.912. The lowest BCUT2D eigenvalue weighted by Crippen LogP contribution is -2.40. The molecule has 0 radical (unpaired) electrons. The van der Waals surface area contributed by atoms with Gasteiger partial charge in [0.05, 0.1) is 0 Å². The molecule has 0 saturated heterocycles. The lowest BCUT2D eigenvalue weighted by Gasteiger charge is -2.13. The van der Waals surface area contributed by atoms with Crippen molar-refractivity contribution in [3.8, 4) is 5.75 Å². The molecule has 0 spiro atoms. The quantitative estimate of drug-likeness (QED) is 0.743. The molecule has 18 heavy (non-hydrogen) atoms. The summed E-state index contributed by atoms with van der Waals surface area (Å²) < 4.78 is 0. The van der Waals surface area contributed by atoms with Gasteiger partial charge >= 0.3 is 5.97 Å². The number of hydrogen-bond donors (Lipinski definition) is 3. The maximum Gasteiger partial charge on any atom is 0.326 e. The van der Waals surface area contributed by atoms with Gasteiger partial charge in [0, 0.05) is 5.56 Å². The number of rotatable bonds is 5. The van der Waals surface area contributed by atoms with E-state index in [0.717, 1.165) is 0 Å². The highest BCUT2D eigenvalue weighted by atomic mass is 16.4. The molecule has 0 aliphatic heterocycles. The number of nitrogens with one attached hydrogen (secondary N) is 1. The third-order valence-electron chi connectivity index (χ3n) is 2.65. The highest BCUT2D eigenvalue weighted by molar-refractivity contribution is 5.97. The Morgan fingerprint density at radius 1 is 1.39 bits per heavy atom. The maximum absolute atomic E-state index is 11.8. The molecule has 1 aromatic rings.